The molecule has 2 aromatic rings. The lowest BCUT2D eigenvalue weighted by Crippen LogP contribution is -1.84. The number of hydrogen-bond acceptors (Lipinski definition) is 2. The van der Waals surface area contributed by atoms with Crippen molar-refractivity contribution in [2.45, 2.75) is 0 Å². The minimum absolute atomic E-state index is 0.000417. The van der Waals surface area contributed by atoms with Crippen LogP contribution >= 0.6 is 11.6 Å². The van der Waals surface area contributed by atoms with E-state index in [2.05, 4.69) is 9.97 Å². The third-order valence-electron chi connectivity index (χ3n) is 1.56. The molecule has 0 saturated carbocycles. The molecule has 0 radical (unpaired) electrons. The Labute approximate surface area is 72.4 Å². The van der Waals surface area contributed by atoms with Gasteiger partial charge in [0.05, 0.1) is 5.52 Å². The normalized spacial score (nSPS) is 10.8. The molecule has 5 heteroatoms. The van der Waals surface area contributed by atoms with E-state index in [1.165, 1.54) is 6.07 Å². The third-order valence-corrected chi connectivity index (χ3v) is 1.92. The second kappa shape index (κ2) is 2.35. The fraction of sp³-hybridized carbons (Fsp3) is 0. The zero-order valence-electron chi connectivity index (χ0n) is 5.94. The van der Waals surface area contributed by atoms with E-state index in [9.17, 15) is 4.39 Å². The molecule has 0 aliphatic heterocycles. The van der Waals surface area contributed by atoms with Gasteiger partial charge < -0.3 is 10.7 Å². The highest BCUT2D eigenvalue weighted by Crippen LogP contribution is 2.24. The summed E-state index contributed by atoms with van der Waals surface area (Å²) in [6, 6.07) is 2.81. The fourth-order valence-corrected chi connectivity index (χ4v) is 1.24. The van der Waals surface area contributed by atoms with Crippen LogP contribution in [0.3, 0.4) is 0 Å². The summed E-state index contributed by atoms with van der Waals surface area (Å²) in [5.41, 5.74) is 6.37. The average molecular weight is 186 g/mol. The van der Waals surface area contributed by atoms with Crippen LogP contribution in [-0.2, 0) is 0 Å². The van der Waals surface area contributed by atoms with Crippen molar-refractivity contribution < 1.29 is 4.39 Å². The van der Waals surface area contributed by atoms with Crippen molar-refractivity contribution in [1.82, 2.24) is 9.97 Å². The summed E-state index contributed by atoms with van der Waals surface area (Å²) in [4.78, 5) is 6.57. The van der Waals surface area contributed by atoms with Gasteiger partial charge in [-0.05, 0) is 12.1 Å². The van der Waals surface area contributed by atoms with Gasteiger partial charge in [0.15, 0.2) is 5.95 Å². The van der Waals surface area contributed by atoms with Crippen molar-refractivity contribution in [3.05, 3.63) is 23.0 Å². The van der Waals surface area contributed by atoms with Gasteiger partial charge in [-0.2, -0.15) is 0 Å². The Morgan fingerprint density at radius 1 is 1.50 bits per heavy atom. The maximum atomic E-state index is 12.8. The first kappa shape index (κ1) is 7.36. The molecule has 0 unspecified atom stereocenters. The Morgan fingerprint density at radius 3 is 3.00 bits per heavy atom. The predicted molar refractivity (Wildman–Crippen MR) is 45.5 cm³/mol. The maximum Gasteiger partial charge on any atom is 0.198 e. The number of aromatic amines is 1. The van der Waals surface area contributed by atoms with Crippen molar-refractivity contribution in [3.63, 3.8) is 0 Å². The highest BCUT2D eigenvalue weighted by molar-refractivity contribution is 6.35. The van der Waals surface area contributed by atoms with E-state index in [0.717, 1.165) is 0 Å². The van der Waals surface area contributed by atoms with Crippen LogP contribution in [0.1, 0.15) is 0 Å². The Hall–Kier alpha value is -1.29. The van der Waals surface area contributed by atoms with Crippen molar-refractivity contribution in [2.24, 2.45) is 0 Å². The quantitative estimate of drug-likeness (QED) is 0.659. The van der Waals surface area contributed by atoms with E-state index < -0.39 is 5.82 Å². The van der Waals surface area contributed by atoms with Crippen LogP contribution in [0.4, 0.5) is 10.3 Å². The molecule has 0 aliphatic rings. The number of fused-ring (bicyclic) bond motifs is 1. The number of nitrogens with two attached hydrogens (primary N) is 1. The summed E-state index contributed by atoms with van der Waals surface area (Å²) >= 11 is 5.63. The predicted octanol–water partition coefficient (Wildman–Crippen LogP) is 1.94. The summed E-state index contributed by atoms with van der Waals surface area (Å²) in [5.74, 6) is -0.256. The second-order valence-electron chi connectivity index (χ2n) is 2.38. The molecule has 1 aromatic heterocycles. The molecule has 0 saturated heterocycles. The molecule has 62 valence electrons. The third kappa shape index (κ3) is 0.921. The van der Waals surface area contributed by atoms with Crippen LogP contribution in [0.15, 0.2) is 12.1 Å². The van der Waals surface area contributed by atoms with Crippen LogP contribution < -0.4 is 5.73 Å². The average Bonchev–Trinajstić information content (AvgIpc) is 2.39. The van der Waals surface area contributed by atoms with E-state index in [1.807, 2.05) is 0 Å². The van der Waals surface area contributed by atoms with Crippen molar-refractivity contribution in [3.8, 4) is 0 Å². The summed E-state index contributed by atoms with van der Waals surface area (Å²) in [6.45, 7) is 0. The lowest BCUT2D eigenvalue weighted by Gasteiger charge is -1.92. The Bertz CT molecular complexity index is 437. The molecule has 0 amide bonds. The van der Waals surface area contributed by atoms with Gasteiger partial charge in [-0.3, -0.25) is 0 Å². The molecule has 1 aromatic carbocycles. The van der Waals surface area contributed by atoms with E-state index in [0.29, 0.717) is 11.0 Å². The van der Waals surface area contributed by atoms with Gasteiger partial charge >= 0.3 is 0 Å². The molecule has 0 spiro atoms. The van der Waals surface area contributed by atoms with Gasteiger partial charge in [-0.15, -0.1) is 0 Å². The monoisotopic (exact) mass is 185 g/mol. The van der Waals surface area contributed by atoms with E-state index in [1.54, 1.807) is 6.07 Å². The van der Waals surface area contributed by atoms with E-state index in [-0.39, 0.29) is 11.0 Å². The number of nitrogens with one attached hydrogen (secondary N) is 1. The number of H-pyrrole nitrogens is 1. The van der Waals surface area contributed by atoms with Crippen LogP contribution in [-0.4, -0.2) is 9.97 Å². The van der Waals surface area contributed by atoms with Crippen LogP contribution in [0.2, 0.25) is 5.02 Å². The van der Waals surface area contributed by atoms with Gasteiger partial charge in [0, 0.05) is 0 Å². The molecule has 0 fully saturated rings. The molecular formula is C7H5ClFN3. The number of aromatic nitrogens is 2. The number of hydrogen-bond donors (Lipinski definition) is 2. The first-order chi connectivity index (χ1) is 5.68. The molecule has 1 heterocycles. The van der Waals surface area contributed by atoms with Gasteiger partial charge in [-0.1, -0.05) is 11.6 Å². The molecule has 3 N–H and O–H groups in total. The molecule has 3 nitrogen and oxygen atoms in total. The number of nitrogen functional groups attached to an aromatic ring is 1. The molecule has 12 heavy (non-hydrogen) atoms. The molecular weight excluding hydrogens is 181 g/mol. The molecule has 0 aliphatic carbocycles. The number of anilines is 1. The summed E-state index contributed by atoms with van der Waals surface area (Å²) in [6.07, 6.45) is 0. The molecule has 2 rings (SSSR count). The minimum Gasteiger partial charge on any atom is -0.369 e. The standard InChI is InChI=1S/C7H5ClFN3/c8-5-3(9)1-2-4-6(5)12-7(10)11-4/h1-2H,(H3,10,11,12). The topological polar surface area (TPSA) is 54.7 Å². The Morgan fingerprint density at radius 2 is 2.25 bits per heavy atom. The van der Waals surface area contributed by atoms with Crippen molar-refractivity contribution in [1.29, 1.82) is 0 Å². The Balaban J connectivity index is 2.89. The number of nitrogens with zero attached hydrogens (tertiary/aromatic N) is 1. The number of halogens is 2. The highest BCUT2D eigenvalue weighted by Gasteiger charge is 2.08. The fourth-order valence-electron chi connectivity index (χ4n) is 1.04. The lowest BCUT2D eigenvalue weighted by atomic mass is 10.3. The van der Waals surface area contributed by atoms with Crippen molar-refractivity contribution in [2.75, 3.05) is 5.73 Å². The summed E-state index contributed by atoms with van der Waals surface area (Å²) < 4.78 is 12.8. The minimum atomic E-state index is -0.490. The number of rotatable bonds is 0. The number of imidazole rings is 1. The molecule has 0 atom stereocenters. The van der Waals surface area contributed by atoms with Gasteiger partial charge in [0.1, 0.15) is 16.4 Å². The smallest absolute Gasteiger partial charge is 0.198 e. The van der Waals surface area contributed by atoms with Crippen LogP contribution in [0, 0.1) is 5.82 Å². The van der Waals surface area contributed by atoms with E-state index in [4.69, 9.17) is 17.3 Å². The molecule has 0 bridgehead atoms. The van der Waals surface area contributed by atoms with Crippen LogP contribution in [0.25, 0.3) is 11.0 Å². The zero-order chi connectivity index (χ0) is 8.72. The lowest BCUT2D eigenvalue weighted by molar-refractivity contribution is 0.630. The zero-order valence-corrected chi connectivity index (χ0v) is 6.69. The van der Waals surface area contributed by atoms with Crippen LogP contribution in [0.5, 0.6) is 0 Å². The second-order valence-corrected chi connectivity index (χ2v) is 2.76. The highest BCUT2D eigenvalue weighted by atomic mass is 35.5. The van der Waals surface area contributed by atoms with Gasteiger partial charge in [-0.25, -0.2) is 9.37 Å². The van der Waals surface area contributed by atoms with Gasteiger partial charge in [0.2, 0.25) is 0 Å². The summed E-state index contributed by atoms with van der Waals surface area (Å²) in [7, 11) is 0. The summed E-state index contributed by atoms with van der Waals surface area (Å²) in [5, 5.41) is 0.000417. The van der Waals surface area contributed by atoms with E-state index >= 15 is 0 Å². The van der Waals surface area contributed by atoms with Crippen molar-refractivity contribution >= 4 is 28.6 Å². The maximum absolute atomic E-state index is 12.8. The first-order valence-corrected chi connectivity index (χ1v) is 3.65. The number of benzene rings is 1. The van der Waals surface area contributed by atoms with Gasteiger partial charge in [0.25, 0.3) is 0 Å². The largest absolute Gasteiger partial charge is 0.369 e. The SMILES string of the molecule is Nc1nc2c(Cl)c(F)ccc2[nH]1. The Kier molecular flexibility index (Phi) is 1.44. The first-order valence-electron chi connectivity index (χ1n) is 3.27.